The molecule has 3 aliphatic rings. The molecule has 2 aromatic carbocycles. The van der Waals surface area contributed by atoms with Crippen molar-refractivity contribution in [1.82, 2.24) is 4.90 Å². The number of amides is 1. The van der Waals surface area contributed by atoms with E-state index in [1.807, 2.05) is 4.90 Å². The fourth-order valence-electron chi connectivity index (χ4n) is 4.46. The van der Waals surface area contributed by atoms with E-state index in [2.05, 4.69) is 9.71 Å². The average molecular weight is 459 g/mol. The maximum Gasteiger partial charge on any atom is 0.285 e. The van der Waals surface area contributed by atoms with E-state index in [4.69, 9.17) is 4.74 Å². The number of hydrogen-bond acceptors (Lipinski definition) is 6. The summed E-state index contributed by atoms with van der Waals surface area (Å²) < 4.78 is 48.8. The van der Waals surface area contributed by atoms with Gasteiger partial charge < -0.3 is 19.9 Å². The zero-order valence-corrected chi connectivity index (χ0v) is 18.1. The standard InChI is InChI=1S/C22H23FN4O4S/c23-17-14-15(7-8-18(17)26-10-12-31-13-11-26)24-22(28)19-5-3-9-27(19)21-16-4-1-2-6-20(16)32(29,30)25-21/h1-2,4,6-8,14,19H,3,5,9-13H2,(H,24,28)/t19-/m0/s1. The normalized spacial score (nSPS) is 21.9. The van der Waals surface area contributed by atoms with Crippen LogP contribution in [0.4, 0.5) is 15.8 Å². The first-order chi connectivity index (χ1) is 15.4. The average Bonchev–Trinajstić information content (AvgIpc) is 3.37. The molecule has 5 rings (SSSR count). The molecule has 1 atom stereocenters. The summed E-state index contributed by atoms with van der Waals surface area (Å²) in [5, 5.41) is 2.78. The molecule has 0 unspecified atom stereocenters. The summed E-state index contributed by atoms with van der Waals surface area (Å²) in [5.41, 5.74) is 1.35. The number of fused-ring (bicyclic) bond motifs is 1. The highest BCUT2D eigenvalue weighted by atomic mass is 32.2. The van der Waals surface area contributed by atoms with Gasteiger partial charge in [-0.3, -0.25) is 4.79 Å². The highest BCUT2D eigenvalue weighted by Gasteiger charge is 2.39. The molecule has 3 heterocycles. The van der Waals surface area contributed by atoms with E-state index >= 15 is 0 Å². The Morgan fingerprint density at radius 3 is 2.69 bits per heavy atom. The molecule has 0 spiro atoms. The lowest BCUT2D eigenvalue weighted by Crippen LogP contribution is -2.43. The van der Waals surface area contributed by atoms with Crippen molar-refractivity contribution in [3.05, 3.63) is 53.8 Å². The molecule has 1 amide bonds. The highest BCUT2D eigenvalue weighted by molar-refractivity contribution is 7.90. The Morgan fingerprint density at radius 2 is 1.91 bits per heavy atom. The monoisotopic (exact) mass is 458 g/mol. The van der Waals surface area contributed by atoms with Gasteiger partial charge in [0.15, 0.2) is 5.84 Å². The Labute approximate surface area is 185 Å². The predicted octanol–water partition coefficient (Wildman–Crippen LogP) is 2.21. The predicted molar refractivity (Wildman–Crippen MR) is 118 cm³/mol. The molecule has 10 heteroatoms. The van der Waals surface area contributed by atoms with Gasteiger partial charge in [0.05, 0.1) is 18.9 Å². The van der Waals surface area contributed by atoms with Crippen molar-refractivity contribution in [2.75, 3.05) is 43.1 Å². The number of nitrogens with zero attached hydrogens (tertiary/aromatic N) is 3. The minimum atomic E-state index is -3.77. The molecule has 2 saturated heterocycles. The van der Waals surface area contributed by atoms with Gasteiger partial charge in [0.25, 0.3) is 10.0 Å². The van der Waals surface area contributed by atoms with Gasteiger partial charge in [0.2, 0.25) is 5.91 Å². The van der Waals surface area contributed by atoms with Crippen LogP contribution in [0.3, 0.4) is 0 Å². The largest absolute Gasteiger partial charge is 0.378 e. The lowest BCUT2D eigenvalue weighted by atomic mass is 10.1. The van der Waals surface area contributed by atoms with E-state index in [0.29, 0.717) is 62.0 Å². The first-order valence-corrected chi connectivity index (χ1v) is 12.0. The Balaban J connectivity index is 1.34. The lowest BCUT2D eigenvalue weighted by Gasteiger charge is -2.29. The second kappa shape index (κ2) is 8.18. The Morgan fingerprint density at radius 1 is 1.12 bits per heavy atom. The first-order valence-electron chi connectivity index (χ1n) is 10.6. The highest BCUT2D eigenvalue weighted by Crippen LogP contribution is 2.32. The summed E-state index contributed by atoms with van der Waals surface area (Å²) >= 11 is 0. The molecule has 3 aliphatic heterocycles. The maximum absolute atomic E-state index is 14.7. The number of amidine groups is 1. The van der Waals surface area contributed by atoms with E-state index in [0.717, 1.165) is 6.42 Å². The SMILES string of the molecule is O=C(Nc1ccc(N2CCOCC2)c(F)c1)[C@@H]1CCCN1C1=NS(=O)(=O)c2ccccc21. The number of benzene rings is 2. The molecule has 2 fully saturated rings. The van der Waals surface area contributed by atoms with Gasteiger partial charge in [-0.15, -0.1) is 4.40 Å². The van der Waals surface area contributed by atoms with Crippen LogP contribution >= 0.6 is 0 Å². The van der Waals surface area contributed by atoms with Crippen LogP contribution in [-0.2, 0) is 19.6 Å². The summed E-state index contributed by atoms with van der Waals surface area (Å²) in [6.07, 6.45) is 1.28. The van der Waals surface area contributed by atoms with Crippen molar-refractivity contribution >= 4 is 33.1 Å². The number of carbonyl (C=O) groups is 1. The zero-order valence-electron chi connectivity index (χ0n) is 17.3. The van der Waals surface area contributed by atoms with Crippen LogP contribution in [0.5, 0.6) is 0 Å². The van der Waals surface area contributed by atoms with Gasteiger partial charge >= 0.3 is 0 Å². The van der Waals surface area contributed by atoms with E-state index < -0.39 is 21.9 Å². The first kappa shape index (κ1) is 20.9. The smallest absolute Gasteiger partial charge is 0.285 e. The molecule has 0 aromatic heterocycles. The lowest BCUT2D eigenvalue weighted by molar-refractivity contribution is -0.119. The van der Waals surface area contributed by atoms with Crippen LogP contribution < -0.4 is 10.2 Å². The van der Waals surface area contributed by atoms with Gasteiger partial charge in [0, 0.05) is 30.9 Å². The van der Waals surface area contributed by atoms with Crippen LogP contribution in [0, 0.1) is 5.82 Å². The second-order valence-electron chi connectivity index (χ2n) is 7.99. The number of ether oxygens (including phenoxy) is 1. The summed E-state index contributed by atoms with van der Waals surface area (Å²) in [6, 6.07) is 10.7. The number of likely N-dealkylation sites (tertiary alicyclic amines) is 1. The van der Waals surface area contributed by atoms with Crippen LogP contribution in [-0.4, -0.2) is 64.0 Å². The maximum atomic E-state index is 14.7. The Hall–Kier alpha value is -2.98. The van der Waals surface area contributed by atoms with Crippen molar-refractivity contribution in [2.45, 2.75) is 23.8 Å². The summed E-state index contributed by atoms with van der Waals surface area (Å²) in [5.74, 6) is -0.425. The van der Waals surface area contributed by atoms with Crippen molar-refractivity contribution < 1.29 is 22.3 Å². The third-order valence-electron chi connectivity index (χ3n) is 6.01. The number of hydrogen-bond donors (Lipinski definition) is 1. The van der Waals surface area contributed by atoms with Crippen molar-refractivity contribution in [2.24, 2.45) is 4.40 Å². The van der Waals surface area contributed by atoms with Crippen LogP contribution in [0.2, 0.25) is 0 Å². The minimum Gasteiger partial charge on any atom is -0.378 e. The molecule has 32 heavy (non-hydrogen) atoms. The molecule has 2 aromatic rings. The van der Waals surface area contributed by atoms with Gasteiger partial charge in [0.1, 0.15) is 16.8 Å². The van der Waals surface area contributed by atoms with E-state index in [1.165, 1.54) is 12.1 Å². The molecule has 0 bridgehead atoms. The number of carbonyl (C=O) groups excluding carboxylic acids is 1. The number of anilines is 2. The zero-order chi connectivity index (χ0) is 22.3. The van der Waals surface area contributed by atoms with Crippen LogP contribution in [0.25, 0.3) is 0 Å². The van der Waals surface area contributed by atoms with Crippen LogP contribution in [0.15, 0.2) is 51.8 Å². The van der Waals surface area contributed by atoms with E-state index in [9.17, 15) is 17.6 Å². The molecule has 168 valence electrons. The Kier molecular flexibility index (Phi) is 5.34. The number of morpholine rings is 1. The quantitative estimate of drug-likeness (QED) is 0.759. The molecule has 1 N–H and O–H groups in total. The molecule has 0 radical (unpaired) electrons. The van der Waals surface area contributed by atoms with E-state index in [-0.39, 0.29) is 10.8 Å². The number of nitrogens with one attached hydrogen (secondary N) is 1. The van der Waals surface area contributed by atoms with Crippen molar-refractivity contribution in [3.63, 3.8) is 0 Å². The molecule has 0 saturated carbocycles. The number of halogens is 1. The molecule has 8 nitrogen and oxygen atoms in total. The molecular weight excluding hydrogens is 435 g/mol. The fraction of sp³-hybridized carbons (Fsp3) is 0.364. The van der Waals surface area contributed by atoms with Gasteiger partial charge in [-0.05, 0) is 43.2 Å². The van der Waals surface area contributed by atoms with Crippen molar-refractivity contribution in [1.29, 1.82) is 0 Å². The fourth-order valence-corrected chi connectivity index (χ4v) is 5.68. The summed E-state index contributed by atoms with van der Waals surface area (Å²) in [6.45, 7) is 2.86. The summed E-state index contributed by atoms with van der Waals surface area (Å²) in [4.78, 5) is 16.9. The van der Waals surface area contributed by atoms with Gasteiger partial charge in [-0.1, -0.05) is 12.1 Å². The van der Waals surface area contributed by atoms with Gasteiger partial charge in [-0.25, -0.2) is 4.39 Å². The van der Waals surface area contributed by atoms with Gasteiger partial charge in [-0.2, -0.15) is 8.42 Å². The third kappa shape index (κ3) is 3.73. The topological polar surface area (TPSA) is 91.3 Å². The van der Waals surface area contributed by atoms with E-state index in [1.54, 1.807) is 35.2 Å². The Bertz CT molecular complexity index is 1190. The number of sulfonamides is 1. The van der Waals surface area contributed by atoms with Crippen molar-refractivity contribution in [3.8, 4) is 0 Å². The third-order valence-corrected chi connectivity index (χ3v) is 7.33. The second-order valence-corrected chi connectivity index (χ2v) is 9.56. The number of rotatable bonds is 3. The van der Waals surface area contributed by atoms with Crippen LogP contribution in [0.1, 0.15) is 18.4 Å². The molecular formula is C22H23FN4O4S. The minimum absolute atomic E-state index is 0.154. The molecule has 0 aliphatic carbocycles. The summed E-state index contributed by atoms with van der Waals surface area (Å²) in [7, 11) is -3.77.